The smallest absolute Gasteiger partial charge is 0.254 e. The van der Waals surface area contributed by atoms with Crippen molar-refractivity contribution in [2.45, 2.75) is 12.3 Å². The molecule has 2 amide bonds. The van der Waals surface area contributed by atoms with Crippen LogP contribution in [0.2, 0.25) is 0 Å². The molecule has 1 aliphatic carbocycles. The van der Waals surface area contributed by atoms with Crippen LogP contribution in [0, 0.1) is 5.92 Å². The number of anilines is 1. The Hall–Kier alpha value is -2.34. The molecule has 2 atom stereocenters. The molecular formula is C21H25N3O2S. The molecule has 142 valence electrons. The van der Waals surface area contributed by atoms with E-state index in [2.05, 4.69) is 17.5 Å². The first-order valence-corrected chi connectivity index (χ1v) is 10.3. The van der Waals surface area contributed by atoms with Crippen LogP contribution in [0.15, 0.2) is 41.8 Å². The lowest BCUT2D eigenvalue weighted by Crippen LogP contribution is -2.51. The zero-order valence-corrected chi connectivity index (χ0v) is 16.6. The van der Waals surface area contributed by atoms with Crippen LogP contribution in [0.25, 0.3) is 0 Å². The largest absolute Gasteiger partial charge is 0.378 e. The highest BCUT2D eigenvalue weighted by Gasteiger charge is 2.46. The first-order valence-electron chi connectivity index (χ1n) is 9.43. The van der Waals surface area contributed by atoms with Gasteiger partial charge in [-0.2, -0.15) is 0 Å². The van der Waals surface area contributed by atoms with Crippen LogP contribution >= 0.6 is 11.3 Å². The van der Waals surface area contributed by atoms with Crippen LogP contribution in [0.1, 0.15) is 27.6 Å². The van der Waals surface area contributed by atoms with Crippen LogP contribution in [-0.2, 0) is 4.79 Å². The van der Waals surface area contributed by atoms with Crippen molar-refractivity contribution in [1.82, 2.24) is 9.80 Å². The highest BCUT2D eigenvalue weighted by molar-refractivity contribution is 7.10. The molecule has 1 aliphatic heterocycles. The number of carbonyl (C=O) groups excluding carboxylic acids is 2. The molecule has 2 unspecified atom stereocenters. The van der Waals surface area contributed by atoms with Crippen LogP contribution in [0.5, 0.6) is 0 Å². The predicted molar refractivity (Wildman–Crippen MR) is 108 cm³/mol. The molecule has 6 heteroatoms. The van der Waals surface area contributed by atoms with E-state index in [0.29, 0.717) is 37.7 Å². The van der Waals surface area contributed by atoms with Gasteiger partial charge in [0, 0.05) is 68.2 Å². The van der Waals surface area contributed by atoms with Gasteiger partial charge in [-0.05, 0) is 36.1 Å². The summed E-state index contributed by atoms with van der Waals surface area (Å²) in [4.78, 5) is 32.7. The molecule has 0 radical (unpaired) electrons. The number of amides is 2. The van der Waals surface area contributed by atoms with Gasteiger partial charge in [0.05, 0.1) is 0 Å². The number of hydrogen-bond donors (Lipinski definition) is 0. The third-order valence-electron chi connectivity index (χ3n) is 5.50. The second-order valence-corrected chi connectivity index (χ2v) is 8.51. The number of piperazine rings is 1. The van der Waals surface area contributed by atoms with Crippen molar-refractivity contribution >= 4 is 28.8 Å². The summed E-state index contributed by atoms with van der Waals surface area (Å²) in [6, 6.07) is 11.9. The average Bonchev–Trinajstić information content (AvgIpc) is 3.31. The molecule has 0 N–H and O–H groups in total. The van der Waals surface area contributed by atoms with Crippen molar-refractivity contribution in [3.8, 4) is 0 Å². The highest BCUT2D eigenvalue weighted by atomic mass is 32.1. The van der Waals surface area contributed by atoms with Gasteiger partial charge in [0.2, 0.25) is 5.91 Å². The SMILES string of the molecule is CN(C)c1cccc(C(=O)N2CCN(C(=O)C3CC3c3cccs3)CC2)c1. The van der Waals surface area contributed by atoms with Crippen molar-refractivity contribution in [1.29, 1.82) is 0 Å². The number of nitrogens with zero attached hydrogens (tertiary/aromatic N) is 3. The molecule has 1 aromatic carbocycles. The van der Waals surface area contributed by atoms with Gasteiger partial charge in [-0.25, -0.2) is 0 Å². The molecule has 1 saturated carbocycles. The number of carbonyl (C=O) groups is 2. The Morgan fingerprint density at radius 1 is 1.04 bits per heavy atom. The Labute approximate surface area is 164 Å². The van der Waals surface area contributed by atoms with Crippen LogP contribution in [0.4, 0.5) is 5.69 Å². The summed E-state index contributed by atoms with van der Waals surface area (Å²) in [5.74, 6) is 0.859. The fourth-order valence-electron chi connectivity index (χ4n) is 3.75. The summed E-state index contributed by atoms with van der Waals surface area (Å²) >= 11 is 1.74. The number of rotatable bonds is 4. The maximum absolute atomic E-state index is 12.8. The van der Waals surface area contributed by atoms with Crippen LogP contribution < -0.4 is 4.90 Å². The second-order valence-electron chi connectivity index (χ2n) is 7.53. The third-order valence-corrected chi connectivity index (χ3v) is 6.51. The fourth-order valence-corrected chi connectivity index (χ4v) is 4.66. The molecule has 4 rings (SSSR count). The average molecular weight is 384 g/mol. The lowest BCUT2D eigenvalue weighted by molar-refractivity contribution is -0.134. The van der Waals surface area contributed by atoms with E-state index < -0.39 is 0 Å². The molecular weight excluding hydrogens is 358 g/mol. The van der Waals surface area contributed by atoms with E-state index in [1.54, 1.807) is 11.3 Å². The van der Waals surface area contributed by atoms with Crippen LogP contribution in [0.3, 0.4) is 0 Å². The molecule has 1 aromatic heterocycles. The van der Waals surface area contributed by atoms with E-state index in [-0.39, 0.29) is 17.7 Å². The molecule has 2 heterocycles. The first-order chi connectivity index (χ1) is 13.0. The molecule has 2 aliphatic rings. The van der Waals surface area contributed by atoms with Gasteiger partial charge in [0.15, 0.2) is 0 Å². The van der Waals surface area contributed by atoms with Crippen molar-refractivity contribution in [3.05, 3.63) is 52.2 Å². The number of hydrogen-bond acceptors (Lipinski definition) is 4. The predicted octanol–water partition coefficient (Wildman–Crippen LogP) is 2.90. The third kappa shape index (κ3) is 3.72. The lowest BCUT2D eigenvalue weighted by atomic mass is 10.1. The van der Waals surface area contributed by atoms with Crippen molar-refractivity contribution < 1.29 is 9.59 Å². The summed E-state index contributed by atoms with van der Waals surface area (Å²) < 4.78 is 0. The Balaban J connectivity index is 1.33. The zero-order chi connectivity index (χ0) is 19.0. The van der Waals surface area contributed by atoms with Crippen molar-refractivity contribution in [2.24, 2.45) is 5.92 Å². The molecule has 27 heavy (non-hydrogen) atoms. The molecule has 0 spiro atoms. The lowest BCUT2D eigenvalue weighted by Gasteiger charge is -2.35. The van der Waals surface area contributed by atoms with Gasteiger partial charge in [-0.1, -0.05) is 12.1 Å². The Morgan fingerprint density at radius 2 is 1.78 bits per heavy atom. The summed E-state index contributed by atoms with van der Waals surface area (Å²) in [5, 5.41) is 2.07. The standard InChI is InChI=1S/C21H25N3O2S/c1-22(2)16-6-3-5-15(13-16)20(25)23-8-10-24(11-9-23)21(26)18-14-17(18)19-7-4-12-27-19/h3-7,12-13,17-18H,8-11,14H2,1-2H3. The molecule has 2 aromatic rings. The molecule has 2 fully saturated rings. The number of thiophene rings is 1. The van der Waals surface area contributed by atoms with E-state index in [4.69, 9.17) is 0 Å². The Bertz CT molecular complexity index is 826. The molecule has 5 nitrogen and oxygen atoms in total. The van der Waals surface area contributed by atoms with E-state index >= 15 is 0 Å². The number of benzene rings is 1. The Kier molecular flexibility index (Phi) is 4.91. The summed E-state index contributed by atoms with van der Waals surface area (Å²) in [6.07, 6.45) is 0.968. The van der Waals surface area contributed by atoms with Crippen molar-refractivity contribution in [2.75, 3.05) is 45.2 Å². The highest BCUT2D eigenvalue weighted by Crippen LogP contribution is 2.50. The van der Waals surface area contributed by atoms with E-state index in [0.717, 1.165) is 12.1 Å². The topological polar surface area (TPSA) is 43.9 Å². The molecule has 1 saturated heterocycles. The normalized spacial score (nSPS) is 21.9. The maximum Gasteiger partial charge on any atom is 0.254 e. The minimum Gasteiger partial charge on any atom is -0.378 e. The first kappa shape index (κ1) is 18.0. The summed E-state index contributed by atoms with van der Waals surface area (Å²) in [7, 11) is 3.94. The van der Waals surface area contributed by atoms with E-state index in [9.17, 15) is 9.59 Å². The minimum absolute atomic E-state index is 0.0497. The van der Waals surface area contributed by atoms with Gasteiger partial charge < -0.3 is 14.7 Å². The van der Waals surface area contributed by atoms with Crippen LogP contribution in [-0.4, -0.2) is 61.9 Å². The van der Waals surface area contributed by atoms with E-state index in [1.165, 1.54) is 4.88 Å². The van der Waals surface area contributed by atoms with Gasteiger partial charge in [-0.15, -0.1) is 11.3 Å². The minimum atomic E-state index is 0.0497. The Morgan fingerprint density at radius 3 is 2.44 bits per heavy atom. The fraction of sp³-hybridized carbons (Fsp3) is 0.429. The van der Waals surface area contributed by atoms with Crippen molar-refractivity contribution in [3.63, 3.8) is 0 Å². The van der Waals surface area contributed by atoms with Gasteiger partial charge in [0.25, 0.3) is 5.91 Å². The van der Waals surface area contributed by atoms with Gasteiger partial charge >= 0.3 is 0 Å². The maximum atomic E-state index is 12.8. The second kappa shape index (κ2) is 7.35. The monoisotopic (exact) mass is 383 g/mol. The summed E-state index contributed by atoms with van der Waals surface area (Å²) in [6.45, 7) is 2.47. The van der Waals surface area contributed by atoms with Gasteiger partial charge in [0.1, 0.15) is 0 Å². The zero-order valence-electron chi connectivity index (χ0n) is 15.8. The van der Waals surface area contributed by atoms with E-state index in [1.807, 2.05) is 53.1 Å². The molecule has 0 bridgehead atoms. The summed E-state index contributed by atoms with van der Waals surface area (Å²) in [5.41, 5.74) is 1.73. The quantitative estimate of drug-likeness (QED) is 0.815. The van der Waals surface area contributed by atoms with Gasteiger partial charge in [-0.3, -0.25) is 9.59 Å².